The van der Waals surface area contributed by atoms with Gasteiger partial charge in [0.1, 0.15) is 10.8 Å². The van der Waals surface area contributed by atoms with Crippen LogP contribution in [0.4, 0.5) is 16.4 Å². The van der Waals surface area contributed by atoms with Crippen molar-refractivity contribution in [2.75, 3.05) is 38.0 Å². The second kappa shape index (κ2) is 9.09. The highest BCUT2D eigenvalue weighted by molar-refractivity contribution is 7.16. The predicted molar refractivity (Wildman–Crippen MR) is 142 cm³/mol. The molecule has 0 amide bonds. The molecule has 0 bridgehead atoms. The highest BCUT2D eigenvalue weighted by atomic mass is 32.1. The van der Waals surface area contributed by atoms with Crippen LogP contribution >= 0.6 is 11.3 Å². The monoisotopic (exact) mass is 489 g/mol. The number of aliphatic imine (C=N–C) groups is 1. The van der Waals surface area contributed by atoms with Crippen molar-refractivity contribution in [1.29, 1.82) is 0 Å². The summed E-state index contributed by atoms with van der Waals surface area (Å²) >= 11 is 1.78. The maximum absolute atomic E-state index is 10.6. The van der Waals surface area contributed by atoms with Gasteiger partial charge in [-0.2, -0.15) is 0 Å². The maximum Gasteiger partial charge on any atom is 0.197 e. The lowest BCUT2D eigenvalue weighted by atomic mass is 10.0. The van der Waals surface area contributed by atoms with Gasteiger partial charge in [-0.25, -0.2) is 4.99 Å². The number of rotatable bonds is 4. The lowest BCUT2D eigenvalue weighted by Gasteiger charge is -2.36. The number of aromatic hydroxyl groups is 2. The average molecular weight is 490 g/mol. The number of anilines is 2. The number of aromatic nitrogens is 1. The SMILES string of the molecule is Cc1cc2c(s1)Nc1ccccc1N=C2N1CCN(CCCn2c(O)c3c(c2O)CC=CC3)CC1. The number of hydrogen-bond acceptors (Lipinski definition) is 7. The number of nitrogens with one attached hydrogen (secondary N) is 1. The molecular formula is C27H31N5O2S. The van der Waals surface area contributed by atoms with Gasteiger partial charge in [-0.1, -0.05) is 24.3 Å². The van der Waals surface area contributed by atoms with Gasteiger partial charge in [0, 0.05) is 48.7 Å². The molecule has 0 atom stereocenters. The fourth-order valence-electron chi connectivity index (χ4n) is 5.36. The number of piperazine rings is 1. The van der Waals surface area contributed by atoms with E-state index < -0.39 is 0 Å². The highest BCUT2D eigenvalue weighted by Crippen LogP contribution is 2.39. The van der Waals surface area contributed by atoms with Crippen molar-refractivity contribution in [3.63, 3.8) is 0 Å². The van der Waals surface area contributed by atoms with Crippen molar-refractivity contribution in [2.45, 2.75) is 32.7 Å². The van der Waals surface area contributed by atoms with E-state index in [0.717, 1.165) is 72.5 Å². The third kappa shape index (κ3) is 4.10. The zero-order chi connectivity index (χ0) is 23.9. The van der Waals surface area contributed by atoms with Crippen LogP contribution in [0.3, 0.4) is 0 Å². The van der Waals surface area contributed by atoms with Crippen molar-refractivity contribution in [2.24, 2.45) is 4.99 Å². The summed E-state index contributed by atoms with van der Waals surface area (Å²) in [5.74, 6) is 1.52. The van der Waals surface area contributed by atoms with Crippen molar-refractivity contribution >= 4 is 33.5 Å². The van der Waals surface area contributed by atoms with Gasteiger partial charge in [0.05, 0.1) is 16.9 Å². The first kappa shape index (κ1) is 22.2. The second-order valence-corrected chi connectivity index (χ2v) is 10.8. The summed E-state index contributed by atoms with van der Waals surface area (Å²) in [6.07, 6.45) is 6.38. The molecule has 3 aliphatic rings. The molecule has 8 heteroatoms. The number of benzene rings is 1. The normalized spacial score (nSPS) is 17.3. The third-order valence-corrected chi connectivity index (χ3v) is 8.19. The van der Waals surface area contributed by atoms with Gasteiger partial charge >= 0.3 is 0 Å². The average Bonchev–Trinajstić information content (AvgIpc) is 3.30. The molecule has 1 fully saturated rings. The quantitative estimate of drug-likeness (QED) is 0.461. The van der Waals surface area contributed by atoms with Crippen molar-refractivity contribution in [3.8, 4) is 11.8 Å². The van der Waals surface area contributed by atoms with E-state index in [1.807, 2.05) is 12.1 Å². The molecule has 182 valence electrons. The first-order valence-corrected chi connectivity index (χ1v) is 13.2. The number of thiophene rings is 1. The number of amidine groups is 1. The van der Waals surface area contributed by atoms with Gasteiger partial charge in [-0.05, 0) is 50.9 Å². The first-order valence-electron chi connectivity index (χ1n) is 12.4. The molecule has 1 aromatic carbocycles. The fourth-order valence-corrected chi connectivity index (χ4v) is 6.28. The Morgan fingerprint density at radius 3 is 2.43 bits per heavy atom. The molecular weight excluding hydrogens is 458 g/mol. The molecule has 2 aliphatic heterocycles. The molecule has 0 radical (unpaired) electrons. The van der Waals surface area contributed by atoms with Gasteiger partial charge in [0.2, 0.25) is 0 Å². The summed E-state index contributed by atoms with van der Waals surface area (Å²) in [7, 11) is 0. The largest absolute Gasteiger partial charge is 0.494 e. The van der Waals surface area contributed by atoms with Crippen LogP contribution in [0.2, 0.25) is 0 Å². The third-order valence-electron chi connectivity index (χ3n) is 7.23. The van der Waals surface area contributed by atoms with Crippen LogP contribution in [0.15, 0.2) is 47.5 Å². The van der Waals surface area contributed by atoms with E-state index in [1.165, 1.54) is 10.4 Å². The van der Waals surface area contributed by atoms with E-state index >= 15 is 0 Å². The van der Waals surface area contributed by atoms with E-state index in [-0.39, 0.29) is 11.8 Å². The number of allylic oxidation sites excluding steroid dienone is 2. The summed E-state index contributed by atoms with van der Waals surface area (Å²) in [6, 6.07) is 10.5. The molecule has 6 rings (SSSR count). The van der Waals surface area contributed by atoms with Crippen LogP contribution in [-0.4, -0.2) is 63.1 Å². The minimum Gasteiger partial charge on any atom is -0.494 e. The smallest absolute Gasteiger partial charge is 0.197 e. The second-order valence-electron chi connectivity index (χ2n) is 9.50. The maximum atomic E-state index is 10.6. The van der Waals surface area contributed by atoms with E-state index in [2.05, 4.69) is 52.4 Å². The molecule has 1 saturated heterocycles. The van der Waals surface area contributed by atoms with E-state index in [9.17, 15) is 10.2 Å². The topological polar surface area (TPSA) is 76.3 Å². The Morgan fingerprint density at radius 1 is 0.971 bits per heavy atom. The van der Waals surface area contributed by atoms with Gasteiger partial charge < -0.3 is 20.4 Å². The number of para-hydroxylation sites is 2. The minimum atomic E-state index is 0.230. The molecule has 0 spiro atoms. The molecule has 7 nitrogen and oxygen atoms in total. The Hall–Kier alpha value is -3.23. The van der Waals surface area contributed by atoms with Crippen molar-refractivity contribution < 1.29 is 10.2 Å². The highest BCUT2D eigenvalue weighted by Gasteiger charge is 2.27. The zero-order valence-electron chi connectivity index (χ0n) is 20.0. The predicted octanol–water partition coefficient (Wildman–Crippen LogP) is 4.77. The molecule has 4 heterocycles. The molecule has 0 unspecified atom stereocenters. The van der Waals surface area contributed by atoms with Crippen molar-refractivity contribution in [1.82, 2.24) is 14.4 Å². The first-order chi connectivity index (χ1) is 17.1. The van der Waals surface area contributed by atoms with Gasteiger partial charge in [0.15, 0.2) is 11.8 Å². The number of hydrogen-bond donors (Lipinski definition) is 3. The number of aryl methyl sites for hydroxylation is 1. The summed E-state index contributed by atoms with van der Waals surface area (Å²) in [4.78, 5) is 11.3. The lowest BCUT2D eigenvalue weighted by Crippen LogP contribution is -2.49. The van der Waals surface area contributed by atoms with E-state index in [4.69, 9.17) is 4.99 Å². The van der Waals surface area contributed by atoms with E-state index in [0.29, 0.717) is 19.4 Å². The standard InChI is InChI=1S/C27H31N5O2S/c1-18-17-21-24(28-22-9-4-5-10-23(22)29-25(21)35-18)31-15-13-30(14-16-31)11-6-12-32-26(33)19-7-2-3-8-20(19)27(32)34/h2-5,9-10,17,29,33-34H,6-8,11-16H2,1H3. The van der Waals surface area contributed by atoms with Crippen LogP contribution in [-0.2, 0) is 19.4 Å². The summed E-state index contributed by atoms with van der Waals surface area (Å²) in [5.41, 5.74) is 4.98. The Labute approximate surface area is 209 Å². The van der Waals surface area contributed by atoms with Crippen LogP contribution < -0.4 is 5.32 Å². The number of nitrogens with zero attached hydrogens (tertiary/aromatic N) is 4. The molecule has 1 aliphatic carbocycles. The molecule has 3 N–H and O–H groups in total. The minimum absolute atomic E-state index is 0.230. The van der Waals surface area contributed by atoms with Crippen molar-refractivity contribution in [3.05, 3.63) is 64.1 Å². The van der Waals surface area contributed by atoms with E-state index in [1.54, 1.807) is 15.9 Å². The lowest BCUT2D eigenvalue weighted by molar-refractivity contribution is 0.177. The van der Waals surface area contributed by atoms with Crippen LogP contribution in [0.5, 0.6) is 11.8 Å². The van der Waals surface area contributed by atoms with Gasteiger partial charge in [0.25, 0.3) is 0 Å². The Balaban J connectivity index is 1.11. The van der Waals surface area contributed by atoms with Crippen LogP contribution in [0.25, 0.3) is 0 Å². The van der Waals surface area contributed by atoms with Crippen LogP contribution in [0.1, 0.15) is 28.0 Å². The molecule has 35 heavy (non-hydrogen) atoms. The molecule has 3 aromatic rings. The zero-order valence-corrected chi connectivity index (χ0v) is 20.8. The Bertz CT molecular complexity index is 1280. The molecule has 0 saturated carbocycles. The summed E-state index contributed by atoms with van der Waals surface area (Å²) in [6.45, 7) is 7.50. The Morgan fingerprint density at radius 2 is 1.69 bits per heavy atom. The van der Waals surface area contributed by atoms with Gasteiger partial charge in [-0.15, -0.1) is 11.3 Å². The molecule has 2 aromatic heterocycles. The van der Waals surface area contributed by atoms with Crippen LogP contribution in [0, 0.1) is 6.92 Å². The number of fused-ring (bicyclic) bond motifs is 3. The Kier molecular flexibility index (Phi) is 5.78. The summed E-state index contributed by atoms with van der Waals surface area (Å²) < 4.78 is 1.68. The summed E-state index contributed by atoms with van der Waals surface area (Å²) in [5, 5.41) is 25.9. The fraction of sp³-hybridized carbons (Fsp3) is 0.370. The van der Waals surface area contributed by atoms with Gasteiger partial charge in [-0.3, -0.25) is 9.47 Å².